The minimum Gasteiger partial charge on any atom is -0.454 e. The number of anilines is 2. The lowest BCUT2D eigenvalue weighted by atomic mass is 9.69. The SMILES string of the molecule is C=CC(=CC=Cc1ccccc1)N(c1ccccc1C12c3ccccc3-c3cccc(c31)-c1ccccc12)c1cccc2c1oc1ccccc12. The van der Waals surface area contributed by atoms with Crippen molar-refractivity contribution in [3.8, 4) is 22.3 Å². The summed E-state index contributed by atoms with van der Waals surface area (Å²) in [4.78, 5) is 2.35. The molecule has 10 rings (SSSR count). The standard InChI is InChI=1S/C49H33NO/c1-2-34(20-14-19-33-17-4-3-5-18-33)50(45-31-16-26-40-37-23-8-13-32-46(37)51-48(40)45)44-30-12-11-29-43(44)49-41-27-9-6-21-35(41)38-24-15-25-39(47(38)49)36-22-7-10-28-42(36)49/h2-32H,1H2. The molecule has 2 aliphatic carbocycles. The van der Waals surface area contributed by atoms with Crippen LogP contribution in [-0.2, 0) is 5.41 Å². The zero-order valence-corrected chi connectivity index (χ0v) is 28.0. The van der Waals surface area contributed by atoms with Crippen molar-refractivity contribution in [3.63, 3.8) is 0 Å². The highest BCUT2D eigenvalue weighted by Crippen LogP contribution is 2.65. The van der Waals surface area contributed by atoms with Gasteiger partial charge in [-0.2, -0.15) is 0 Å². The first-order chi connectivity index (χ1) is 25.3. The van der Waals surface area contributed by atoms with Crippen LogP contribution in [0, 0.1) is 0 Å². The van der Waals surface area contributed by atoms with Gasteiger partial charge < -0.3 is 9.32 Å². The predicted octanol–water partition coefficient (Wildman–Crippen LogP) is 12.9. The Morgan fingerprint density at radius 3 is 1.84 bits per heavy atom. The topological polar surface area (TPSA) is 16.4 Å². The Kier molecular flexibility index (Phi) is 6.59. The van der Waals surface area contributed by atoms with Gasteiger partial charge in [0.05, 0.1) is 16.8 Å². The summed E-state index contributed by atoms with van der Waals surface area (Å²) in [7, 11) is 0. The molecule has 0 saturated carbocycles. The van der Waals surface area contributed by atoms with Crippen LogP contribution in [0.25, 0.3) is 50.3 Å². The van der Waals surface area contributed by atoms with Crippen LogP contribution in [0.1, 0.15) is 27.8 Å². The molecule has 8 aromatic rings. The maximum atomic E-state index is 6.73. The minimum atomic E-state index is -0.526. The Bertz CT molecular complexity index is 2660. The van der Waals surface area contributed by atoms with Crippen LogP contribution in [-0.4, -0.2) is 0 Å². The van der Waals surface area contributed by atoms with E-state index in [0.29, 0.717) is 0 Å². The van der Waals surface area contributed by atoms with Crippen molar-refractivity contribution in [1.29, 1.82) is 0 Å². The third-order valence-electron chi connectivity index (χ3n) is 10.7. The molecule has 7 aromatic carbocycles. The average molecular weight is 652 g/mol. The van der Waals surface area contributed by atoms with Crippen molar-refractivity contribution in [2.75, 3.05) is 4.90 Å². The van der Waals surface area contributed by atoms with Gasteiger partial charge in [0.1, 0.15) is 5.58 Å². The van der Waals surface area contributed by atoms with E-state index in [1.807, 2.05) is 24.3 Å². The zero-order chi connectivity index (χ0) is 33.9. The summed E-state index contributed by atoms with van der Waals surface area (Å²) >= 11 is 0. The van der Waals surface area contributed by atoms with E-state index in [4.69, 9.17) is 4.42 Å². The van der Waals surface area contributed by atoms with E-state index in [-0.39, 0.29) is 0 Å². The molecule has 0 amide bonds. The summed E-state index contributed by atoms with van der Waals surface area (Å²) < 4.78 is 6.73. The number of allylic oxidation sites excluding steroid dienone is 3. The van der Waals surface area contributed by atoms with Gasteiger partial charge in [-0.25, -0.2) is 0 Å². The molecule has 0 spiro atoms. The fraction of sp³-hybridized carbons (Fsp3) is 0.0204. The van der Waals surface area contributed by atoms with Gasteiger partial charge in [-0.3, -0.25) is 0 Å². The number of nitrogens with zero attached hydrogens (tertiary/aromatic N) is 1. The number of fused-ring (bicyclic) bond motifs is 9. The summed E-state index contributed by atoms with van der Waals surface area (Å²) in [5.41, 5.74) is 15.6. The molecule has 0 unspecified atom stereocenters. The van der Waals surface area contributed by atoms with Crippen molar-refractivity contribution in [3.05, 3.63) is 222 Å². The van der Waals surface area contributed by atoms with Crippen LogP contribution >= 0.6 is 0 Å². The third-order valence-corrected chi connectivity index (χ3v) is 10.7. The van der Waals surface area contributed by atoms with Crippen molar-refractivity contribution >= 4 is 39.4 Å². The molecule has 0 saturated heterocycles. The summed E-state index contributed by atoms with van der Waals surface area (Å²) in [6.45, 7) is 4.39. The Balaban J connectivity index is 1.29. The van der Waals surface area contributed by atoms with Crippen molar-refractivity contribution < 1.29 is 4.42 Å². The maximum Gasteiger partial charge on any atom is 0.159 e. The van der Waals surface area contributed by atoms with E-state index in [1.165, 1.54) is 44.5 Å². The molecule has 2 nitrogen and oxygen atoms in total. The van der Waals surface area contributed by atoms with Crippen LogP contribution in [0.3, 0.4) is 0 Å². The van der Waals surface area contributed by atoms with E-state index >= 15 is 0 Å². The summed E-state index contributed by atoms with van der Waals surface area (Å²) in [6.07, 6.45) is 8.36. The first-order valence-corrected chi connectivity index (χ1v) is 17.5. The first-order valence-electron chi connectivity index (χ1n) is 17.5. The number of hydrogen-bond acceptors (Lipinski definition) is 2. The highest BCUT2D eigenvalue weighted by Gasteiger charge is 2.53. The molecule has 240 valence electrons. The molecule has 0 bridgehead atoms. The summed E-state index contributed by atoms with van der Waals surface area (Å²) in [6, 6.07) is 58.8. The molecule has 51 heavy (non-hydrogen) atoms. The lowest BCUT2D eigenvalue weighted by molar-refractivity contribution is 0.668. The summed E-state index contributed by atoms with van der Waals surface area (Å²) in [5, 5.41) is 2.18. The molecular formula is C49H33NO. The fourth-order valence-corrected chi connectivity index (χ4v) is 8.69. The fourth-order valence-electron chi connectivity index (χ4n) is 8.69. The number of benzene rings is 7. The largest absolute Gasteiger partial charge is 0.454 e. The van der Waals surface area contributed by atoms with Crippen LogP contribution in [0.15, 0.2) is 199 Å². The third kappa shape index (κ3) is 4.17. The second kappa shape index (κ2) is 11.5. The average Bonchev–Trinajstić information content (AvgIpc) is 3.83. The molecule has 0 radical (unpaired) electrons. The molecule has 0 aliphatic heterocycles. The van der Waals surface area contributed by atoms with Crippen LogP contribution in [0.5, 0.6) is 0 Å². The molecule has 0 atom stereocenters. The van der Waals surface area contributed by atoms with Crippen LogP contribution < -0.4 is 4.90 Å². The number of hydrogen-bond donors (Lipinski definition) is 0. The Morgan fingerprint density at radius 2 is 1.10 bits per heavy atom. The number of rotatable bonds is 7. The van der Waals surface area contributed by atoms with E-state index in [1.54, 1.807) is 0 Å². The van der Waals surface area contributed by atoms with Gasteiger partial charge in [0, 0.05) is 16.5 Å². The molecule has 0 fully saturated rings. The number of furan rings is 1. The second-order valence-corrected chi connectivity index (χ2v) is 13.2. The van der Waals surface area contributed by atoms with Crippen LogP contribution in [0.2, 0.25) is 0 Å². The van der Waals surface area contributed by atoms with E-state index < -0.39 is 5.41 Å². The lowest BCUT2D eigenvalue weighted by Crippen LogP contribution is -2.29. The molecule has 1 heterocycles. The Labute approximate surface area is 297 Å². The maximum absolute atomic E-state index is 6.73. The normalized spacial score (nSPS) is 13.8. The van der Waals surface area contributed by atoms with Gasteiger partial charge in [0.25, 0.3) is 0 Å². The quantitative estimate of drug-likeness (QED) is 0.159. The van der Waals surface area contributed by atoms with Gasteiger partial charge in [0.2, 0.25) is 0 Å². The molecule has 0 N–H and O–H groups in total. The van der Waals surface area contributed by atoms with Gasteiger partial charge in [-0.15, -0.1) is 0 Å². The van der Waals surface area contributed by atoms with Gasteiger partial charge >= 0.3 is 0 Å². The lowest BCUT2D eigenvalue weighted by Gasteiger charge is -2.36. The van der Waals surface area contributed by atoms with E-state index in [0.717, 1.165) is 44.6 Å². The highest BCUT2D eigenvalue weighted by molar-refractivity contribution is 6.10. The molecular weight excluding hydrogens is 619 g/mol. The molecule has 2 heteroatoms. The van der Waals surface area contributed by atoms with Gasteiger partial charge in [-0.1, -0.05) is 164 Å². The summed E-state index contributed by atoms with van der Waals surface area (Å²) in [5.74, 6) is 0. The highest BCUT2D eigenvalue weighted by atomic mass is 16.3. The smallest absolute Gasteiger partial charge is 0.159 e. The minimum absolute atomic E-state index is 0.526. The zero-order valence-electron chi connectivity index (χ0n) is 28.0. The first kappa shape index (κ1) is 29.3. The van der Waals surface area contributed by atoms with E-state index in [9.17, 15) is 0 Å². The van der Waals surface area contributed by atoms with Crippen LogP contribution in [0.4, 0.5) is 11.4 Å². The van der Waals surface area contributed by atoms with Crippen molar-refractivity contribution in [2.24, 2.45) is 0 Å². The Hall–Kier alpha value is -6.64. The monoisotopic (exact) mass is 651 g/mol. The molecule has 1 aromatic heterocycles. The second-order valence-electron chi connectivity index (χ2n) is 13.2. The van der Waals surface area contributed by atoms with E-state index in [2.05, 4.69) is 175 Å². The van der Waals surface area contributed by atoms with Crippen molar-refractivity contribution in [1.82, 2.24) is 0 Å². The van der Waals surface area contributed by atoms with Crippen molar-refractivity contribution in [2.45, 2.75) is 5.41 Å². The molecule has 2 aliphatic rings. The predicted molar refractivity (Wildman–Crippen MR) is 212 cm³/mol. The van der Waals surface area contributed by atoms with Gasteiger partial charge in [-0.05, 0) is 80.4 Å². The number of para-hydroxylation sites is 3. The Morgan fingerprint density at radius 1 is 0.529 bits per heavy atom. The van der Waals surface area contributed by atoms with Gasteiger partial charge in [0.15, 0.2) is 5.58 Å².